The highest BCUT2D eigenvalue weighted by atomic mass is 32.2. The molecule has 4 aromatic rings. The number of hydrogen-bond acceptors (Lipinski definition) is 15. The average molecular weight is 1080 g/mol. The molecule has 2 saturated heterocycles. The Balaban J connectivity index is 0.000000230. The van der Waals surface area contributed by atoms with Crippen molar-refractivity contribution >= 4 is 67.2 Å². The van der Waals surface area contributed by atoms with Crippen LogP contribution in [0.15, 0.2) is 22.0 Å². The fraction of sp³-hybridized carbons (Fsp3) is 0.583. The van der Waals surface area contributed by atoms with Crippen molar-refractivity contribution in [3.63, 3.8) is 0 Å². The maximum Gasteiger partial charge on any atom is 0.387 e. The van der Waals surface area contributed by atoms with Gasteiger partial charge in [0.25, 0.3) is 0 Å². The number of carbonyl (C=O) groups excluding carboxylic acids is 2. The molecule has 2 aromatic carbocycles. The Labute approximate surface area is 423 Å². The number of esters is 2. The third-order valence-corrected chi connectivity index (χ3v) is 14.8. The first-order chi connectivity index (χ1) is 34.5. The molecule has 16 nitrogen and oxygen atoms in total. The van der Waals surface area contributed by atoms with E-state index >= 15 is 8.78 Å². The second-order valence-electron chi connectivity index (χ2n) is 19.6. The molecule has 2 aromatic heterocycles. The van der Waals surface area contributed by atoms with E-state index in [2.05, 4.69) is 0 Å². The predicted molar refractivity (Wildman–Crippen MR) is 262 cm³/mol. The lowest BCUT2D eigenvalue weighted by Crippen LogP contribution is -2.42. The van der Waals surface area contributed by atoms with Gasteiger partial charge in [-0.3, -0.25) is 9.18 Å². The fourth-order valence-corrected chi connectivity index (χ4v) is 11.2. The summed E-state index contributed by atoms with van der Waals surface area (Å²) in [4.78, 5) is 42.0. The lowest BCUT2D eigenvalue weighted by molar-refractivity contribution is -0.0495. The minimum atomic E-state index is -4.27. The molecule has 4 fully saturated rings. The van der Waals surface area contributed by atoms with E-state index in [0.29, 0.717) is 51.6 Å². The number of sulfone groups is 1. The van der Waals surface area contributed by atoms with Crippen LogP contribution in [0.5, 0.6) is 17.2 Å². The molecule has 4 heterocycles. The Hall–Kier alpha value is -5.40. The lowest BCUT2D eigenvalue weighted by Gasteiger charge is -2.29. The number of pyridine rings is 2. The smallest absolute Gasteiger partial charge is 0.387 e. The summed E-state index contributed by atoms with van der Waals surface area (Å²) in [6, 6.07) is 1.15. The largest absolute Gasteiger partial charge is 0.506 e. The molecule has 8 rings (SSSR count). The number of carbonyl (C=O) groups is 2. The van der Waals surface area contributed by atoms with E-state index in [1.807, 2.05) is 27.7 Å². The van der Waals surface area contributed by atoms with Crippen LogP contribution in [-0.2, 0) is 19.3 Å². The van der Waals surface area contributed by atoms with Gasteiger partial charge in [0.1, 0.15) is 32.9 Å². The Kier molecular flexibility index (Phi) is 16.5. The van der Waals surface area contributed by atoms with E-state index in [1.54, 1.807) is 11.8 Å². The van der Waals surface area contributed by atoms with Gasteiger partial charge in [-0.25, -0.2) is 26.8 Å². The van der Waals surface area contributed by atoms with Crippen molar-refractivity contribution in [3.8, 4) is 17.2 Å². The molecule has 0 bridgehead atoms. The van der Waals surface area contributed by atoms with Crippen molar-refractivity contribution in [3.05, 3.63) is 49.8 Å². The third-order valence-electron chi connectivity index (χ3n) is 13.3. The van der Waals surface area contributed by atoms with E-state index in [9.17, 15) is 49.9 Å². The molecule has 73 heavy (non-hydrogen) atoms. The summed E-state index contributed by atoms with van der Waals surface area (Å²) >= 11 is 5.50. The molecule has 404 valence electrons. The molecule has 5 N–H and O–H groups in total. The van der Waals surface area contributed by atoms with Crippen LogP contribution in [0.1, 0.15) is 114 Å². The summed E-state index contributed by atoms with van der Waals surface area (Å²) in [5, 5.41) is 9.67. The van der Waals surface area contributed by atoms with Gasteiger partial charge < -0.3 is 54.5 Å². The number of anilines is 2. The highest BCUT2D eigenvalue weighted by Gasteiger charge is 2.42. The zero-order valence-corrected chi connectivity index (χ0v) is 43.0. The third kappa shape index (κ3) is 11.6. The Morgan fingerprint density at radius 2 is 1.18 bits per heavy atom. The zero-order chi connectivity index (χ0) is 55.1. The van der Waals surface area contributed by atoms with Gasteiger partial charge in [-0.15, -0.1) is 0 Å². The zero-order valence-electron chi connectivity index (χ0n) is 42.3. The monoisotopic (exact) mass is 1080 g/mol. The van der Waals surface area contributed by atoms with Gasteiger partial charge in [0.05, 0.1) is 38.2 Å². The number of fused-ring (bicyclic) bond motifs is 2. The number of benzene rings is 2. The number of alkyl halides is 5. The van der Waals surface area contributed by atoms with Gasteiger partial charge in [-0.05, 0) is 104 Å². The number of nitrogens with zero attached hydrogens (tertiary/aromatic N) is 4. The van der Waals surface area contributed by atoms with Crippen LogP contribution in [0, 0.1) is 28.1 Å². The van der Waals surface area contributed by atoms with E-state index in [0.717, 1.165) is 23.0 Å². The van der Waals surface area contributed by atoms with Gasteiger partial charge >= 0.3 is 25.2 Å². The van der Waals surface area contributed by atoms with Crippen LogP contribution in [0.2, 0.25) is 0 Å². The molecule has 4 aliphatic rings. The molecule has 2 aliphatic carbocycles. The number of aromatic hydroxyl groups is 1. The summed E-state index contributed by atoms with van der Waals surface area (Å²) in [5.41, 5.74) is 8.38. The van der Waals surface area contributed by atoms with E-state index < -0.39 is 110 Å². The number of nitrogens with two attached hydrogens (primary N) is 2. The number of rotatable bonds is 15. The standard InChI is InChI=1S/C24H30F3N3O6S.C23H28F3N3O4S.CH3F/c1-5-35-22(32)16-19(31)14-10-15(25)18(29-9-8-12(11-29)24(2,3)28)20(36-23(26)27)17(14)30(13-6-7-13)21(16)37(4,33)34;1-4-32-21(31)15-18(30)13-9-14(24)17(28-8-7-11(10-28)23(2,3)27)19(33-22(25)26)16(13)29(20(15)34)12-5-6-12;1-2/h10,12-13,23H,5-9,11,28H2,1-4H3;9,11-12,22,30H,4-8,10,27H2,1-3H3;1H3/t12-;11-;/m11./s1/i;;1D. The minimum Gasteiger partial charge on any atom is -0.506 e. The van der Waals surface area contributed by atoms with E-state index in [1.165, 1.54) is 16.4 Å². The van der Waals surface area contributed by atoms with Gasteiger partial charge in [-0.2, -0.15) is 17.6 Å². The first-order valence-electron chi connectivity index (χ1n) is 24.2. The Morgan fingerprint density at radius 1 is 0.781 bits per heavy atom. The van der Waals surface area contributed by atoms with Gasteiger partial charge in [0.15, 0.2) is 38.0 Å². The fourth-order valence-electron chi connectivity index (χ4n) is 9.59. The van der Waals surface area contributed by atoms with Crippen molar-refractivity contribution < 1.29 is 74.2 Å². The normalized spacial score (nSPS) is 18.4. The van der Waals surface area contributed by atoms with Crippen LogP contribution in [0.4, 0.5) is 42.1 Å². The molecule has 2 saturated carbocycles. The highest BCUT2D eigenvalue weighted by molar-refractivity contribution is 7.90. The second kappa shape index (κ2) is 21.8. The first-order valence-corrected chi connectivity index (χ1v) is 25.8. The van der Waals surface area contributed by atoms with Crippen LogP contribution >= 0.6 is 12.2 Å². The van der Waals surface area contributed by atoms with Crippen LogP contribution in [0.3, 0.4) is 0 Å². The van der Waals surface area contributed by atoms with Gasteiger partial charge in [-0.1, -0.05) is 12.2 Å². The van der Waals surface area contributed by atoms with Crippen LogP contribution in [0.25, 0.3) is 21.8 Å². The molecular weight excluding hydrogens is 1020 g/mol. The Bertz CT molecular complexity index is 3030. The quantitative estimate of drug-likeness (QED) is 0.0578. The van der Waals surface area contributed by atoms with Crippen molar-refractivity contribution in [2.45, 2.75) is 121 Å². The molecule has 0 spiro atoms. The Morgan fingerprint density at radius 3 is 1.55 bits per heavy atom. The maximum absolute atomic E-state index is 15.7. The summed E-state index contributed by atoms with van der Waals surface area (Å²) in [7, 11) is -5.27. The number of hydrogen-bond donors (Lipinski definition) is 3. The number of ether oxygens (including phenoxy) is 4. The molecule has 25 heteroatoms. The maximum atomic E-state index is 15.7. The van der Waals surface area contributed by atoms with Crippen molar-refractivity contribution in [1.82, 2.24) is 9.13 Å². The summed E-state index contributed by atoms with van der Waals surface area (Å²) in [6.45, 7) is 4.94. The molecule has 0 unspecified atom stereocenters. The highest BCUT2D eigenvalue weighted by Crippen LogP contribution is 2.51. The second-order valence-corrected chi connectivity index (χ2v) is 21.9. The summed E-state index contributed by atoms with van der Waals surface area (Å²) in [6.07, 6.45) is 4.29. The topological polar surface area (TPSA) is 211 Å². The summed E-state index contributed by atoms with van der Waals surface area (Å²) in [5.74, 6) is -5.70. The van der Waals surface area contributed by atoms with Crippen molar-refractivity contribution in [1.29, 1.82) is 0 Å². The van der Waals surface area contributed by atoms with Crippen molar-refractivity contribution in [2.75, 3.05) is 62.6 Å². The molecule has 2 atom stereocenters. The first kappa shape index (κ1) is 55.4. The lowest BCUT2D eigenvalue weighted by atomic mass is 9.88. The predicted octanol–water partition coefficient (Wildman–Crippen LogP) is 8.70. The average Bonchev–Trinajstić information content (AvgIpc) is 4.20. The van der Waals surface area contributed by atoms with Gasteiger partial charge in [0, 0.05) is 61.0 Å². The van der Waals surface area contributed by atoms with E-state index in [-0.39, 0.29) is 82.2 Å². The van der Waals surface area contributed by atoms with Crippen LogP contribution < -0.4 is 36.2 Å². The SMILES string of the molecule is CCOC(=O)c1c(O)c2cc(F)c(N3CC[C@@H](C(C)(C)N)C3)c(OC(F)F)c2n(C2CC2)c1=S.CCOC(=O)c1c(S(C)(=O)=O)n(C2CC2)c2c(OC(F)F)c(N3CC[C@@H](C(C)(C)N)C3)c(F)cc2c1=O.[2H]CF. The molecule has 0 amide bonds. The molecule has 0 radical (unpaired) electrons. The minimum absolute atomic E-state index is 0.00617. The molecule has 2 aliphatic heterocycles. The summed E-state index contributed by atoms with van der Waals surface area (Å²) < 4.78 is 150. The number of halogens is 7. The van der Waals surface area contributed by atoms with E-state index in [4.69, 9.17) is 44.0 Å². The van der Waals surface area contributed by atoms with Crippen LogP contribution in [-0.4, -0.2) is 112 Å². The van der Waals surface area contributed by atoms with Gasteiger partial charge in [0.2, 0.25) is 5.43 Å². The molecular formula is C48H61F7N6O10S2. The van der Waals surface area contributed by atoms with Crippen molar-refractivity contribution in [2.24, 2.45) is 23.3 Å². The number of aromatic nitrogens is 2.